The summed E-state index contributed by atoms with van der Waals surface area (Å²) in [5, 5.41) is 8.28. The smallest absolute Gasteiger partial charge is 0.311 e. The maximum Gasteiger partial charge on any atom is 0.311 e. The van der Waals surface area contributed by atoms with Crippen molar-refractivity contribution in [1.29, 1.82) is 5.26 Å². The highest BCUT2D eigenvalue weighted by Crippen LogP contribution is 2.30. The average molecular weight is 233 g/mol. The zero-order valence-electron chi connectivity index (χ0n) is 9.14. The molecule has 0 saturated heterocycles. The van der Waals surface area contributed by atoms with Gasteiger partial charge in [0.2, 0.25) is 0 Å². The molecule has 0 fully saturated rings. The second-order valence-electron chi connectivity index (χ2n) is 3.47. The van der Waals surface area contributed by atoms with Crippen LogP contribution in [-0.4, -0.2) is 25.8 Å². The number of ether oxygens (including phenoxy) is 3. The van der Waals surface area contributed by atoms with Gasteiger partial charge in [0.1, 0.15) is 19.3 Å². The SMILES string of the molecule is N#CCOC(=O)Cc1ccc2c(c1)OCCO2. The van der Waals surface area contributed by atoms with E-state index in [2.05, 4.69) is 4.74 Å². The summed E-state index contributed by atoms with van der Waals surface area (Å²) < 4.78 is 15.4. The molecule has 1 aliphatic heterocycles. The van der Waals surface area contributed by atoms with E-state index >= 15 is 0 Å². The fourth-order valence-electron chi connectivity index (χ4n) is 1.53. The second-order valence-corrected chi connectivity index (χ2v) is 3.47. The Morgan fingerprint density at radius 1 is 1.35 bits per heavy atom. The first-order valence-corrected chi connectivity index (χ1v) is 5.20. The summed E-state index contributed by atoms with van der Waals surface area (Å²) in [6, 6.07) is 7.04. The molecule has 2 rings (SSSR count). The Labute approximate surface area is 98.5 Å². The third kappa shape index (κ3) is 2.88. The number of fused-ring (bicyclic) bond motifs is 1. The van der Waals surface area contributed by atoms with Crippen molar-refractivity contribution < 1.29 is 19.0 Å². The second kappa shape index (κ2) is 5.21. The lowest BCUT2D eigenvalue weighted by molar-refractivity contribution is -0.141. The molecule has 1 aromatic carbocycles. The van der Waals surface area contributed by atoms with Crippen molar-refractivity contribution in [3.63, 3.8) is 0 Å². The van der Waals surface area contributed by atoms with Crippen molar-refractivity contribution in [2.24, 2.45) is 0 Å². The molecule has 1 heterocycles. The van der Waals surface area contributed by atoms with Crippen LogP contribution >= 0.6 is 0 Å². The summed E-state index contributed by atoms with van der Waals surface area (Å²) in [4.78, 5) is 11.3. The highest BCUT2D eigenvalue weighted by Gasteiger charge is 2.13. The van der Waals surface area contributed by atoms with Crippen LogP contribution in [0.4, 0.5) is 0 Å². The molecule has 0 amide bonds. The minimum atomic E-state index is -0.428. The number of carbonyl (C=O) groups excluding carboxylic acids is 1. The molecule has 0 aliphatic carbocycles. The highest BCUT2D eigenvalue weighted by molar-refractivity contribution is 5.73. The van der Waals surface area contributed by atoms with Crippen LogP contribution in [0, 0.1) is 11.3 Å². The minimum Gasteiger partial charge on any atom is -0.486 e. The molecule has 0 saturated carbocycles. The van der Waals surface area contributed by atoms with E-state index in [0.717, 1.165) is 5.56 Å². The number of hydrogen-bond donors (Lipinski definition) is 0. The third-order valence-corrected chi connectivity index (χ3v) is 2.25. The molecule has 0 bridgehead atoms. The first kappa shape index (κ1) is 11.3. The quantitative estimate of drug-likeness (QED) is 0.730. The van der Waals surface area contributed by atoms with Crippen molar-refractivity contribution in [1.82, 2.24) is 0 Å². The van der Waals surface area contributed by atoms with Gasteiger partial charge < -0.3 is 14.2 Å². The Morgan fingerprint density at radius 2 is 2.12 bits per heavy atom. The lowest BCUT2D eigenvalue weighted by Gasteiger charge is -2.18. The van der Waals surface area contributed by atoms with E-state index < -0.39 is 5.97 Å². The number of rotatable bonds is 3. The average Bonchev–Trinajstić information content (AvgIpc) is 2.36. The fourth-order valence-corrected chi connectivity index (χ4v) is 1.53. The van der Waals surface area contributed by atoms with Gasteiger partial charge in [0.15, 0.2) is 18.1 Å². The molecule has 0 atom stereocenters. The Morgan fingerprint density at radius 3 is 2.88 bits per heavy atom. The summed E-state index contributed by atoms with van der Waals surface area (Å²) in [5.74, 6) is 0.899. The van der Waals surface area contributed by atoms with Crippen LogP contribution in [0.5, 0.6) is 11.5 Å². The van der Waals surface area contributed by atoms with Crippen LogP contribution in [-0.2, 0) is 16.0 Å². The molecule has 0 N–H and O–H groups in total. The lowest BCUT2D eigenvalue weighted by Crippen LogP contribution is -2.16. The van der Waals surface area contributed by atoms with Gasteiger partial charge in [-0.15, -0.1) is 0 Å². The predicted molar refractivity (Wildman–Crippen MR) is 57.7 cm³/mol. The number of benzene rings is 1. The standard InChI is InChI=1S/C12H11NO4/c13-3-4-17-12(14)8-9-1-2-10-11(7-9)16-6-5-15-10/h1-2,7H,4-6,8H2. The molecular weight excluding hydrogens is 222 g/mol. The summed E-state index contributed by atoms with van der Waals surface area (Å²) >= 11 is 0. The Bertz CT molecular complexity index is 464. The Hall–Kier alpha value is -2.22. The Balaban J connectivity index is 2.02. The van der Waals surface area contributed by atoms with Crippen LogP contribution in [0.3, 0.4) is 0 Å². The number of nitriles is 1. The molecule has 0 aromatic heterocycles. The molecule has 5 heteroatoms. The zero-order chi connectivity index (χ0) is 12.1. The largest absolute Gasteiger partial charge is 0.486 e. The lowest BCUT2D eigenvalue weighted by atomic mass is 10.1. The third-order valence-electron chi connectivity index (χ3n) is 2.25. The van der Waals surface area contributed by atoms with Crippen molar-refractivity contribution in [2.75, 3.05) is 19.8 Å². The van der Waals surface area contributed by atoms with Crippen molar-refractivity contribution in [3.05, 3.63) is 23.8 Å². The van der Waals surface area contributed by atoms with Crippen molar-refractivity contribution in [3.8, 4) is 17.6 Å². The molecule has 0 radical (unpaired) electrons. The number of esters is 1. The van der Waals surface area contributed by atoms with Crippen LogP contribution in [0.15, 0.2) is 18.2 Å². The molecule has 5 nitrogen and oxygen atoms in total. The monoisotopic (exact) mass is 233 g/mol. The summed E-state index contributed by atoms with van der Waals surface area (Å²) in [5.41, 5.74) is 0.775. The first-order valence-electron chi connectivity index (χ1n) is 5.20. The van der Waals surface area contributed by atoms with Crippen LogP contribution in [0.1, 0.15) is 5.56 Å². The molecule has 0 unspecified atom stereocenters. The molecule has 1 aromatic rings. The van der Waals surface area contributed by atoms with Gasteiger partial charge in [-0.25, -0.2) is 0 Å². The van der Waals surface area contributed by atoms with E-state index in [1.165, 1.54) is 0 Å². The Kier molecular flexibility index (Phi) is 3.46. The molecular formula is C12H11NO4. The van der Waals surface area contributed by atoms with Gasteiger partial charge in [-0.2, -0.15) is 5.26 Å². The van der Waals surface area contributed by atoms with Crippen LogP contribution in [0.25, 0.3) is 0 Å². The van der Waals surface area contributed by atoms with E-state index in [0.29, 0.717) is 24.7 Å². The fraction of sp³-hybridized carbons (Fsp3) is 0.333. The van der Waals surface area contributed by atoms with Crippen LogP contribution in [0.2, 0.25) is 0 Å². The normalized spacial score (nSPS) is 12.6. The predicted octanol–water partition coefficient (Wildman–Crippen LogP) is 1.07. The molecule has 0 spiro atoms. The maximum absolute atomic E-state index is 11.3. The van der Waals surface area contributed by atoms with Gasteiger partial charge >= 0.3 is 5.97 Å². The number of nitrogens with zero attached hydrogens (tertiary/aromatic N) is 1. The van der Waals surface area contributed by atoms with E-state index in [9.17, 15) is 4.79 Å². The molecule has 17 heavy (non-hydrogen) atoms. The van der Waals surface area contributed by atoms with E-state index in [-0.39, 0.29) is 13.0 Å². The first-order chi connectivity index (χ1) is 8.29. The van der Waals surface area contributed by atoms with Crippen molar-refractivity contribution in [2.45, 2.75) is 6.42 Å². The maximum atomic E-state index is 11.3. The summed E-state index contributed by atoms with van der Waals surface area (Å²) in [6.07, 6.45) is 0.123. The number of hydrogen-bond acceptors (Lipinski definition) is 5. The summed E-state index contributed by atoms with van der Waals surface area (Å²) in [6.45, 7) is 0.829. The number of carbonyl (C=O) groups is 1. The van der Waals surface area contributed by atoms with Crippen molar-refractivity contribution >= 4 is 5.97 Å². The molecule has 88 valence electrons. The van der Waals surface area contributed by atoms with Gasteiger partial charge in [-0.1, -0.05) is 6.07 Å². The highest BCUT2D eigenvalue weighted by atomic mass is 16.6. The molecule has 1 aliphatic rings. The van der Waals surface area contributed by atoms with E-state index in [4.69, 9.17) is 14.7 Å². The minimum absolute atomic E-state index is 0.123. The van der Waals surface area contributed by atoms with E-state index in [1.807, 2.05) is 0 Å². The van der Waals surface area contributed by atoms with Crippen LogP contribution < -0.4 is 9.47 Å². The van der Waals surface area contributed by atoms with Gasteiger partial charge in [-0.05, 0) is 17.7 Å². The summed E-state index contributed by atoms with van der Waals surface area (Å²) in [7, 11) is 0. The van der Waals surface area contributed by atoms with Gasteiger partial charge in [0, 0.05) is 0 Å². The zero-order valence-corrected chi connectivity index (χ0v) is 9.14. The van der Waals surface area contributed by atoms with Gasteiger partial charge in [0.25, 0.3) is 0 Å². The van der Waals surface area contributed by atoms with Gasteiger partial charge in [-0.3, -0.25) is 4.79 Å². The van der Waals surface area contributed by atoms with Gasteiger partial charge in [0.05, 0.1) is 6.42 Å². The van der Waals surface area contributed by atoms with E-state index in [1.54, 1.807) is 24.3 Å². The topological polar surface area (TPSA) is 68.5 Å².